The molecule has 0 atom stereocenters. The first-order chi connectivity index (χ1) is 9.74. The Morgan fingerprint density at radius 3 is 2.76 bits per heavy atom. The van der Waals surface area contributed by atoms with Crippen molar-refractivity contribution in [3.05, 3.63) is 29.3 Å². The molecule has 0 spiro atoms. The van der Waals surface area contributed by atoms with E-state index in [9.17, 15) is 18.0 Å². The van der Waals surface area contributed by atoms with Crippen molar-refractivity contribution in [3.63, 3.8) is 0 Å². The van der Waals surface area contributed by atoms with E-state index < -0.39 is 25.2 Å². The molecule has 1 aromatic carbocycles. The first-order valence-corrected chi connectivity index (χ1v) is 6.58. The van der Waals surface area contributed by atoms with E-state index in [0.29, 0.717) is 5.56 Å². The Morgan fingerprint density at radius 1 is 1.43 bits per heavy atom. The van der Waals surface area contributed by atoms with Crippen molar-refractivity contribution in [2.75, 3.05) is 31.6 Å². The molecule has 2 rings (SSSR count). The molecule has 0 fully saturated rings. The summed E-state index contributed by atoms with van der Waals surface area (Å²) in [6, 6.07) is 5.50. The molecule has 7 heteroatoms. The molecule has 1 aliphatic heterocycles. The van der Waals surface area contributed by atoms with Gasteiger partial charge in [0.1, 0.15) is 0 Å². The summed E-state index contributed by atoms with van der Waals surface area (Å²) in [6.45, 7) is -0.990. The number of alkyl halides is 3. The van der Waals surface area contributed by atoms with Crippen LogP contribution < -0.4 is 4.90 Å². The number of anilines is 1. The Hall–Kier alpha value is -1.76. The highest BCUT2D eigenvalue weighted by molar-refractivity contribution is 5.69. The van der Waals surface area contributed by atoms with Crippen molar-refractivity contribution in [3.8, 4) is 0 Å². The van der Waals surface area contributed by atoms with Crippen molar-refractivity contribution in [2.24, 2.45) is 0 Å². The number of rotatable bonds is 5. The van der Waals surface area contributed by atoms with E-state index in [1.807, 2.05) is 19.2 Å². The third-order valence-electron chi connectivity index (χ3n) is 3.44. The lowest BCUT2D eigenvalue weighted by atomic mass is 10.1. The van der Waals surface area contributed by atoms with Crippen LogP contribution in [0, 0.1) is 0 Å². The van der Waals surface area contributed by atoms with E-state index >= 15 is 0 Å². The van der Waals surface area contributed by atoms with Crippen LogP contribution >= 0.6 is 0 Å². The maximum Gasteiger partial charge on any atom is 0.401 e. The minimum absolute atomic E-state index is 0.0250. The van der Waals surface area contributed by atoms with Gasteiger partial charge in [0.25, 0.3) is 0 Å². The highest BCUT2D eigenvalue weighted by Gasteiger charge is 2.31. The van der Waals surface area contributed by atoms with Gasteiger partial charge >= 0.3 is 12.1 Å². The molecular formula is C14H17F3N2O2. The molecule has 0 bridgehead atoms. The molecule has 116 valence electrons. The van der Waals surface area contributed by atoms with Crippen molar-refractivity contribution in [2.45, 2.75) is 19.1 Å². The van der Waals surface area contributed by atoms with Crippen LogP contribution in [0.2, 0.25) is 0 Å². The van der Waals surface area contributed by atoms with Gasteiger partial charge in [-0.25, -0.2) is 0 Å². The Balaban J connectivity index is 2.11. The van der Waals surface area contributed by atoms with Crippen LogP contribution in [0.4, 0.5) is 18.9 Å². The summed E-state index contributed by atoms with van der Waals surface area (Å²) in [5.41, 5.74) is 2.88. The summed E-state index contributed by atoms with van der Waals surface area (Å²) >= 11 is 0. The van der Waals surface area contributed by atoms with E-state index in [0.717, 1.165) is 29.1 Å². The zero-order valence-electron chi connectivity index (χ0n) is 11.7. The van der Waals surface area contributed by atoms with Crippen LogP contribution in [-0.2, 0) is 17.8 Å². The van der Waals surface area contributed by atoms with Crippen LogP contribution in [0.25, 0.3) is 0 Å². The molecule has 1 heterocycles. The van der Waals surface area contributed by atoms with Crippen LogP contribution in [-0.4, -0.2) is 48.8 Å². The standard InChI is InChI=1S/C14H17F3N2O2/c1-18-5-4-11-6-10(2-3-12(11)18)7-19(8-13(20)21)9-14(15,16)17/h2-3,6H,4-5,7-9H2,1H3,(H,20,21). The van der Waals surface area contributed by atoms with E-state index in [1.54, 1.807) is 6.07 Å². The van der Waals surface area contributed by atoms with Crippen LogP contribution in [0.5, 0.6) is 0 Å². The van der Waals surface area contributed by atoms with Gasteiger partial charge in [0, 0.05) is 25.8 Å². The number of aliphatic carboxylic acids is 1. The molecule has 0 saturated carbocycles. The van der Waals surface area contributed by atoms with Crippen LogP contribution in [0.3, 0.4) is 0 Å². The van der Waals surface area contributed by atoms with Gasteiger partial charge < -0.3 is 10.0 Å². The second-order valence-electron chi connectivity index (χ2n) is 5.29. The largest absolute Gasteiger partial charge is 0.480 e. The van der Waals surface area contributed by atoms with Crippen molar-refractivity contribution in [1.82, 2.24) is 4.90 Å². The van der Waals surface area contributed by atoms with E-state index in [-0.39, 0.29) is 6.54 Å². The van der Waals surface area contributed by atoms with Crippen molar-refractivity contribution < 1.29 is 23.1 Å². The molecule has 1 aromatic rings. The number of hydrogen-bond acceptors (Lipinski definition) is 3. The number of halogens is 3. The predicted octanol–water partition coefficient (Wildman–Crippen LogP) is 2.13. The Kier molecular flexibility index (Phi) is 4.41. The summed E-state index contributed by atoms with van der Waals surface area (Å²) in [6.07, 6.45) is -3.55. The average molecular weight is 302 g/mol. The van der Waals surface area contributed by atoms with Gasteiger partial charge in [-0.2, -0.15) is 13.2 Å². The van der Waals surface area contributed by atoms with Gasteiger partial charge in [-0.15, -0.1) is 0 Å². The SMILES string of the molecule is CN1CCc2cc(CN(CC(=O)O)CC(F)(F)F)ccc21. The number of carbonyl (C=O) groups is 1. The summed E-state index contributed by atoms with van der Waals surface area (Å²) < 4.78 is 37.5. The smallest absolute Gasteiger partial charge is 0.401 e. The van der Waals surface area contributed by atoms with E-state index in [4.69, 9.17) is 5.11 Å². The molecular weight excluding hydrogens is 285 g/mol. The molecule has 1 aliphatic rings. The van der Waals surface area contributed by atoms with Crippen LogP contribution in [0.15, 0.2) is 18.2 Å². The fraction of sp³-hybridized carbons (Fsp3) is 0.500. The average Bonchev–Trinajstić information content (AvgIpc) is 2.67. The maximum atomic E-state index is 12.5. The summed E-state index contributed by atoms with van der Waals surface area (Å²) in [7, 11) is 1.96. The van der Waals surface area contributed by atoms with E-state index in [1.165, 1.54) is 0 Å². The summed E-state index contributed by atoms with van der Waals surface area (Å²) in [5, 5.41) is 8.73. The highest BCUT2D eigenvalue weighted by Crippen LogP contribution is 2.28. The molecule has 4 nitrogen and oxygen atoms in total. The number of nitrogens with zero attached hydrogens (tertiary/aromatic N) is 2. The number of hydrogen-bond donors (Lipinski definition) is 1. The lowest BCUT2D eigenvalue weighted by molar-refractivity contribution is -0.154. The predicted molar refractivity (Wildman–Crippen MR) is 72.4 cm³/mol. The molecule has 0 radical (unpaired) electrons. The fourth-order valence-electron chi connectivity index (χ4n) is 2.59. The second kappa shape index (κ2) is 5.93. The molecule has 0 unspecified atom stereocenters. The van der Waals surface area contributed by atoms with Gasteiger partial charge in [-0.1, -0.05) is 12.1 Å². The number of carboxylic acid groups (broad SMARTS) is 1. The lowest BCUT2D eigenvalue weighted by Crippen LogP contribution is -2.37. The molecule has 0 aromatic heterocycles. The quantitative estimate of drug-likeness (QED) is 0.905. The minimum Gasteiger partial charge on any atom is -0.480 e. The summed E-state index contributed by atoms with van der Waals surface area (Å²) in [4.78, 5) is 13.7. The lowest BCUT2D eigenvalue weighted by Gasteiger charge is -2.22. The topological polar surface area (TPSA) is 43.8 Å². The second-order valence-corrected chi connectivity index (χ2v) is 5.29. The minimum atomic E-state index is -4.41. The molecule has 21 heavy (non-hydrogen) atoms. The van der Waals surface area contributed by atoms with Gasteiger partial charge in [0.05, 0.1) is 13.1 Å². The number of likely N-dealkylation sites (N-methyl/N-ethyl adjacent to an activating group) is 1. The van der Waals surface area contributed by atoms with E-state index in [2.05, 4.69) is 4.90 Å². The van der Waals surface area contributed by atoms with Gasteiger partial charge in [-0.05, 0) is 23.6 Å². The molecule has 0 amide bonds. The number of benzene rings is 1. The normalized spacial score (nSPS) is 14.6. The fourth-order valence-corrected chi connectivity index (χ4v) is 2.59. The van der Waals surface area contributed by atoms with Gasteiger partial charge in [0.15, 0.2) is 0 Å². The third-order valence-corrected chi connectivity index (χ3v) is 3.44. The molecule has 0 saturated heterocycles. The maximum absolute atomic E-state index is 12.5. The number of fused-ring (bicyclic) bond motifs is 1. The first-order valence-electron chi connectivity index (χ1n) is 6.58. The number of carboxylic acids is 1. The van der Waals surface area contributed by atoms with Gasteiger partial charge in [0.2, 0.25) is 0 Å². The van der Waals surface area contributed by atoms with Crippen LogP contribution in [0.1, 0.15) is 11.1 Å². The Labute approximate surface area is 120 Å². The Morgan fingerprint density at radius 2 is 2.14 bits per heavy atom. The zero-order valence-corrected chi connectivity index (χ0v) is 11.7. The van der Waals surface area contributed by atoms with Crippen molar-refractivity contribution >= 4 is 11.7 Å². The first kappa shape index (κ1) is 15.6. The van der Waals surface area contributed by atoms with Crippen molar-refractivity contribution in [1.29, 1.82) is 0 Å². The highest BCUT2D eigenvalue weighted by atomic mass is 19.4. The van der Waals surface area contributed by atoms with Gasteiger partial charge in [-0.3, -0.25) is 9.69 Å². The summed E-state index contributed by atoms with van der Waals surface area (Å²) in [5.74, 6) is -1.26. The Bertz CT molecular complexity index is 531. The third kappa shape index (κ3) is 4.35. The molecule has 0 aliphatic carbocycles. The monoisotopic (exact) mass is 302 g/mol. The molecule has 1 N–H and O–H groups in total. The zero-order chi connectivity index (χ0) is 15.6.